The first kappa shape index (κ1) is 25.2. The summed E-state index contributed by atoms with van der Waals surface area (Å²) in [6.07, 6.45) is 6.92. The van der Waals surface area contributed by atoms with Crippen molar-refractivity contribution in [3.63, 3.8) is 0 Å². The molecule has 0 radical (unpaired) electrons. The molecule has 0 spiro atoms. The fourth-order valence-electron chi connectivity index (χ4n) is 5.50. The fourth-order valence-corrected chi connectivity index (χ4v) is 5.78. The molecule has 6 aromatic rings. The minimum absolute atomic E-state index is 0.380. The van der Waals surface area contributed by atoms with Crippen LogP contribution in [-0.2, 0) is 4.74 Å². The van der Waals surface area contributed by atoms with Crippen LogP contribution in [0, 0.1) is 0 Å². The molecule has 1 aliphatic heterocycles. The topological polar surface area (TPSA) is 93.1 Å². The van der Waals surface area contributed by atoms with E-state index in [0.29, 0.717) is 34.8 Å². The summed E-state index contributed by atoms with van der Waals surface area (Å²) in [5, 5.41) is 2.53. The van der Waals surface area contributed by atoms with Crippen molar-refractivity contribution < 1.29 is 4.74 Å². The van der Waals surface area contributed by atoms with E-state index in [1.54, 1.807) is 18.3 Å². The van der Waals surface area contributed by atoms with E-state index in [1.165, 1.54) is 6.20 Å². The lowest BCUT2D eigenvalue weighted by molar-refractivity contribution is 0.122. The Morgan fingerprint density at radius 2 is 1.63 bits per heavy atom. The van der Waals surface area contributed by atoms with E-state index < -0.39 is 11.2 Å². The second-order valence-electron chi connectivity index (χ2n) is 9.90. The molecule has 0 bridgehead atoms. The third-order valence-electron chi connectivity index (χ3n) is 7.50. The van der Waals surface area contributed by atoms with Gasteiger partial charge in [0, 0.05) is 52.4 Å². The van der Waals surface area contributed by atoms with Gasteiger partial charge in [0.15, 0.2) is 0 Å². The van der Waals surface area contributed by atoms with Crippen LogP contribution < -0.4 is 16.1 Å². The Bertz CT molecular complexity index is 2060. The summed E-state index contributed by atoms with van der Waals surface area (Å²) in [4.78, 5) is 40.9. The zero-order chi connectivity index (χ0) is 27.9. The lowest BCUT2D eigenvalue weighted by Crippen LogP contribution is -2.36. The van der Waals surface area contributed by atoms with Gasteiger partial charge >= 0.3 is 5.69 Å². The average Bonchev–Trinajstić information content (AvgIpc) is 3.01. The lowest BCUT2D eigenvalue weighted by Gasteiger charge is -2.28. The number of morpholine rings is 1. The Labute approximate surface area is 239 Å². The van der Waals surface area contributed by atoms with Gasteiger partial charge in [-0.25, -0.2) is 9.36 Å². The Hall–Kier alpha value is -4.79. The summed E-state index contributed by atoms with van der Waals surface area (Å²) in [5.41, 5.74) is 4.29. The molecule has 3 aromatic heterocycles. The summed E-state index contributed by atoms with van der Waals surface area (Å²) >= 11 is 6.78. The smallest absolute Gasteiger partial charge is 0.333 e. The predicted octanol–water partition coefficient (Wildman–Crippen LogP) is 5.45. The molecule has 1 saturated heterocycles. The van der Waals surface area contributed by atoms with Crippen molar-refractivity contribution in [3.05, 3.63) is 117 Å². The van der Waals surface area contributed by atoms with Crippen molar-refractivity contribution in [2.75, 3.05) is 31.2 Å². The molecule has 7 rings (SSSR count). The van der Waals surface area contributed by atoms with Crippen molar-refractivity contribution in [3.8, 4) is 27.9 Å². The van der Waals surface area contributed by atoms with Gasteiger partial charge in [0.2, 0.25) is 0 Å². The van der Waals surface area contributed by atoms with Crippen LogP contribution in [0.4, 0.5) is 5.69 Å². The minimum atomic E-state index is -0.542. The maximum absolute atomic E-state index is 13.7. The molecule has 0 amide bonds. The summed E-state index contributed by atoms with van der Waals surface area (Å²) in [6, 6.07) is 20.7. The van der Waals surface area contributed by atoms with E-state index in [4.69, 9.17) is 16.3 Å². The molecule has 0 atom stereocenters. The highest BCUT2D eigenvalue weighted by molar-refractivity contribution is 6.34. The number of nitrogens with one attached hydrogen (secondary N) is 1. The van der Waals surface area contributed by atoms with Crippen LogP contribution in [0.3, 0.4) is 0 Å². The van der Waals surface area contributed by atoms with Crippen molar-refractivity contribution >= 4 is 39.0 Å². The second kappa shape index (κ2) is 10.3. The van der Waals surface area contributed by atoms with Crippen LogP contribution in [0.1, 0.15) is 0 Å². The Morgan fingerprint density at radius 1 is 0.805 bits per heavy atom. The van der Waals surface area contributed by atoms with Gasteiger partial charge in [0.05, 0.1) is 47.9 Å². The van der Waals surface area contributed by atoms with Crippen LogP contribution in [0.15, 0.2) is 101 Å². The van der Waals surface area contributed by atoms with E-state index >= 15 is 0 Å². The molecule has 0 aliphatic carbocycles. The van der Waals surface area contributed by atoms with Crippen molar-refractivity contribution in [1.29, 1.82) is 0 Å². The zero-order valence-electron chi connectivity index (χ0n) is 21.9. The van der Waals surface area contributed by atoms with Crippen molar-refractivity contribution in [1.82, 2.24) is 19.5 Å². The molecule has 0 unspecified atom stereocenters. The fraction of sp³-hybridized carbons (Fsp3) is 0.125. The van der Waals surface area contributed by atoms with Crippen LogP contribution in [-0.4, -0.2) is 45.8 Å². The first-order valence-corrected chi connectivity index (χ1v) is 13.7. The molecular weight excluding hydrogens is 538 g/mol. The number of halogens is 1. The number of rotatable bonds is 4. The number of hydrogen-bond acceptors (Lipinski definition) is 6. The van der Waals surface area contributed by atoms with E-state index in [9.17, 15) is 9.59 Å². The number of ether oxygens (including phenoxy) is 1. The van der Waals surface area contributed by atoms with Crippen LogP contribution >= 0.6 is 11.6 Å². The zero-order valence-corrected chi connectivity index (χ0v) is 22.6. The number of pyridine rings is 2. The number of hydrogen-bond donors (Lipinski definition) is 1. The number of fused-ring (bicyclic) bond motifs is 2. The Morgan fingerprint density at radius 3 is 2.51 bits per heavy atom. The van der Waals surface area contributed by atoms with Gasteiger partial charge in [-0.2, -0.15) is 0 Å². The second-order valence-corrected chi connectivity index (χ2v) is 10.3. The maximum atomic E-state index is 13.7. The summed E-state index contributed by atoms with van der Waals surface area (Å²) in [7, 11) is 0. The molecule has 3 aromatic carbocycles. The number of benzene rings is 3. The van der Waals surface area contributed by atoms with Gasteiger partial charge in [0.25, 0.3) is 5.56 Å². The first-order chi connectivity index (χ1) is 20.1. The van der Waals surface area contributed by atoms with Gasteiger partial charge in [-0.1, -0.05) is 54.1 Å². The standard InChI is InChI=1S/C32H24ClN5O3/c33-27-7-3-6-25(22-14-23(18-34-17-22)37-10-12-41-13-11-37)30(27)20-8-9-26-28(15-20)36-32(40)38(31(26)39)29-19-35-16-21-4-1-2-5-24(21)29/h1-9,14-19H,10-13H2,(H,36,40). The van der Waals surface area contributed by atoms with Crippen LogP contribution in [0.25, 0.3) is 49.6 Å². The van der Waals surface area contributed by atoms with Gasteiger partial charge in [-0.15, -0.1) is 0 Å². The monoisotopic (exact) mass is 561 g/mol. The number of anilines is 1. The highest BCUT2D eigenvalue weighted by Gasteiger charge is 2.18. The SMILES string of the molecule is O=c1[nH]c2cc(-c3c(Cl)cccc3-c3cncc(N4CCOCC4)c3)ccc2c(=O)n1-c1cncc2ccccc12. The van der Waals surface area contributed by atoms with Crippen LogP contribution in [0.5, 0.6) is 0 Å². The normalized spacial score (nSPS) is 13.6. The number of nitrogens with zero attached hydrogens (tertiary/aromatic N) is 4. The third kappa shape index (κ3) is 4.47. The Balaban J connectivity index is 1.36. The quantitative estimate of drug-likeness (QED) is 0.308. The van der Waals surface area contributed by atoms with Gasteiger partial charge in [0.1, 0.15) is 0 Å². The van der Waals surface area contributed by atoms with E-state index in [-0.39, 0.29) is 0 Å². The molecule has 1 aliphatic rings. The number of aromatic nitrogens is 4. The summed E-state index contributed by atoms with van der Waals surface area (Å²) in [5.74, 6) is 0. The predicted molar refractivity (Wildman–Crippen MR) is 162 cm³/mol. The molecule has 9 heteroatoms. The highest BCUT2D eigenvalue weighted by Crippen LogP contribution is 2.39. The molecule has 1 fully saturated rings. The highest BCUT2D eigenvalue weighted by atomic mass is 35.5. The molecule has 202 valence electrons. The number of H-pyrrole nitrogens is 1. The number of aromatic amines is 1. The van der Waals surface area contributed by atoms with Gasteiger partial charge < -0.3 is 14.6 Å². The Kier molecular flexibility index (Phi) is 6.34. The maximum Gasteiger partial charge on any atom is 0.333 e. The molecule has 0 saturated carbocycles. The molecular formula is C32H24ClN5O3. The van der Waals surface area contributed by atoms with E-state index in [0.717, 1.165) is 56.4 Å². The summed E-state index contributed by atoms with van der Waals surface area (Å²) in [6.45, 7) is 2.97. The largest absolute Gasteiger partial charge is 0.378 e. The first-order valence-electron chi connectivity index (χ1n) is 13.3. The van der Waals surface area contributed by atoms with Crippen LogP contribution in [0.2, 0.25) is 5.02 Å². The van der Waals surface area contributed by atoms with Gasteiger partial charge in [-0.05, 0) is 35.4 Å². The molecule has 41 heavy (non-hydrogen) atoms. The molecule has 4 heterocycles. The summed E-state index contributed by atoms with van der Waals surface area (Å²) < 4.78 is 6.64. The van der Waals surface area contributed by atoms with E-state index in [2.05, 4.69) is 25.9 Å². The lowest BCUT2D eigenvalue weighted by atomic mass is 9.94. The van der Waals surface area contributed by atoms with Crippen molar-refractivity contribution in [2.24, 2.45) is 0 Å². The van der Waals surface area contributed by atoms with E-state index in [1.807, 2.05) is 60.9 Å². The van der Waals surface area contributed by atoms with Gasteiger partial charge in [-0.3, -0.25) is 14.8 Å². The third-order valence-corrected chi connectivity index (χ3v) is 7.81. The average molecular weight is 562 g/mol. The van der Waals surface area contributed by atoms with Crippen molar-refractivity contribution in [2.45, 2.75) is 0 Å². The molecule has 8 nitrogen and oxygen atoms in total. The molecule has 1 N–H and O–H groups in total. The minimum Gasteiger partial charge on any atom is -0.378 e.